The molecule has 31 heavy (non-hydrogen) atoms. The summed E-state index contributed by atoms with van der Waals surface area (Å²) in [7, 11) is -1.48. The highest BCUT2D eigenvalue weighted by Crippen LogP contribution is 2.25. The number of benzene rings is 1. The van der Waals surface area contributed by atoms with E-state index in [2.05, 4.69) is 49.1 Å². The van der Waals surface area contributed by atoms with Crippen LogP contribution in [-0.2, 0) is 10.0 Å². The monoisotopic (exact) mass is 561 g/mol. The molecule has 0 spiro atoms. The summed E-state index contributed by atoms with van der Waals surface area (Å²) in [4.78, 5) is 8.95. The molecule has 2 fully saturated rings. The van der Waals surface area contributed by atoms with Crippen LogP contribution in [0.25, 0.3) is 6.08 Å². The van der Waals surface area contributed by atoms with Crippen molar-refractivity contribution in [1.29, 1.82) is 0 Å². The number of piperazine rings is 1. The Labute approximate surface area is 204 Å². The molecule has 7 nitrogen and oxygen atoms in total. The Kier molecular flexibility index (Phi) is 11.3. The summed E-state index contributed by atoms with van der Waals surface area (Å²) in [6, 6.07) is 10.3. The third kappa shape index (κ3) is 9.07. The Balaban J connectivity index is 0.00000341. The van der Waals surface area contributed by atoms with E-state index in [9.17, 15) is 8.42 Å². The van der Waals surface area contributed by atoms with Crippen molar-refractivity contribution < 1.29 is 8.42 Å². The van der Waals surface area contributed by atoms with Gasteiger partial charge >= 0.3 is 0 Å². The summed E-state index contributed by atoms with van der Waals surface area (Å²) in [6.07, 6.45) is 7.87. The van der Waals surface area contributed by atoms with Crippen LogP contribution in [0.4, 0.5) is 0 Å². The molecule has 0 atom stereocenters. The van der Waals surface area contributed by atoms with Crippen LogP contribution < -0.4 is 10.0 Å². The van der Waals surface area contributed by atoms with Gasteiger partial charge in [-0.25, -0.2) is 13.1 Å². The second-order valence-electron chi connectivity index (χ2n) is 8.04. The number of aliphatic imine (C=N–C) groups is 1. The van der Waals surface area contributed by atoms with Crippen LogP contribution in [0.1, 0.15) is 24.8 Å². The molecule has 0 unspecified atom stereocenters. The van der Waals surface area contributed by atoms with Gasteiger partial charge in [0.05, 0.1) is 5.75 Å². The van der Waals surface area contributed by atoms with Gasteiger partial charge in [-0.2, -0.15) is 0 Å². The maximum atomic E-state index is 12.1. The Morgan fingerprint density at radius 2 is 1.87 bits per heavy atom. The molecule has 3 rings (SSSR count). The van der Waals surface area contributed by atoms with Gasteiger partial charge < -0.3 is 10.2 Å². The van der Waals surface area contributed by atoms with Crippen LogP contribution in [0, 0.1) is 5.92 Å². The highest BCUT2D eigenvalue weighted by molar-refractivity contribution is 14.0. The van der Waals surface area contributed by atoms with Gasteiger partial charge in [0, 0.05) is 52.9 Å². The van der Waals surface area contributed by atoms with Gasteiger partial charge in [-0.3, -0.25) is 9.89 Å². The second-order valence-corrected chi connectivity index (χ2v) is 9.97. The van der Waals surface area contributed by atoms with E-state index in [-0.39, 0.29) is 29.7 Å². The minimum absolute atomic E-state index is 0. The molecule has 2 N–H and O–H groups in total. The molecule has 1 aromatic rings. The number of hydrogen-bond acceptors (Lipinski definition) is 4. The van der Waals surface area contributed by atoms with Gasteiger partial charge in [0.25, 0.3) is 0 Å². The fourth-order valence-corrected chi connectivity index (χ4v) is 4.69. The Morgan fingerprint density at radius 1 is 1.16 bits per heavy atom. The van der Waals surface area contributed by atoms with E-state index in [0.717, 1.165) is 51.5 Å². The lowest BCUT2D eigenvalue weighted by Gasteiger charge is -2.36. The van der Waals surface area contributed by atoms with Crippen molar-refractivity contribution >= 4 is 46.0 Å². The molecule has 0 aromatic heterocycles. The van der Waals surface area contributed by atoms with Gasteiger partial charge in [-0.05, 0) is 24.3 Å². The van der Waals surface area contributed by atoms with E-state index in [1.54, 1.807) is 7.05 Å². The molecule has 0 amide bonds. The summed E-state index contributed by atoms with van der Waals surface area (Å²) in [5.41, 5.74) is 1.22. The van der Waals surface area contributed by atoms with E-state index in [4.69, 9.17) is 0 Å². The van der Waals surface area contributed by atoms with E-state index in [1.165, 1.54) is 12.0 Å². The Morgan fingerprint density at radius 3 is 2.48 bits per heavy atom. The van der Waals surface area contributed by atoms with Crippen molar-refractivity contribution in [2.45, 2.75) is 19.3 Å². The summed E-state index contributed by atoms with van der Waals surface area (Å²) in [6.45, 7) is 5.56. The lowest BCUT2D eigenvalue weighted by molar-refractivity contribution is 0.194. The van der Waals surface area contributed by atoms with E-state index >= 15 is 0 Å². The molecule has 1 aliphatic carbocycles. The molecule has 1 saturated heterocycles. The predicted octanol–water partition coefficient (Wildman–Crippen LogP) is 2.23. The molecule has 1 heterocycles. The van der Waals surface area contributed by atoms with Crippen LogP contribution in [0.2, 0.25) is 0 Å². The molecular formula is C22H36IN5O2S. The predicted molar refractivity (Wildman–Crippen MR) is 139 cm³/mol. The average Bonchev–Trinajstić information content (AvgIpc) is 2.71. The van der Waals surface area contributed by atoms with Crippen LogP contribution in [0.15, 0.2) is 41.4 Å². The summed E-state index contributed by atoms with van der Waals surface area (Å²) >= 11 is 0. The zero-order chi connectivity index (χ0) is 21.2. The first-order valence-electron chi connectivity index (χ1n) is 10.9. The Bertz CT molecular complexity index is 804. The van der Waals surface area contributed by atoms with E-state index in [0.29, 0.717) is 19.0 Å². The maximum Gasteiger partial charge on any atom is 0.213 e. The SMILES string of the molecule is CN=C(NCCS(=O)(=O)NCC1CCC1)N1CCN(C/C=C/c2ccccc2)CC1.I. The van der Waals surface area contributed by atoms with Crippen molar-refractivity contribution in [2.24, 2.45) is 10.9 Å². The first-order chi connectivity index (χ1) is 14.6. The van der Waals surface area contributed by atoms with Crippen LogP contribution >= 0.6 is 24.0 Å². The second kappa shape index (κ2) is 13.4. The largest absolute Gasteiger partial charge is 0.355 e. The number of nitrogens with zero attached hydrogens (tertiary/aromatic N) is 3. The lowest BCUT2D eigenvalue weighted by atomic mass is 9.86. The summed E-state index contributed by atoms with van der Waals surface area (Å²) in [5, 5.41) is 3.21. The van der Waals surface area contributed by atoms with Crippen LogP contribution in [-0.4, -0.2) is 82.8 Å². The quantitative estimate of drug-likeness (QED) is 0.275. The number of nitrogens with one attached hydrogen (secondary N) is 2. The fraction of sp³-hybridized carbons (Fsp3) is 0.591. The maximum absolute atomic E-state index is 12.1. The Hall–Kier alpha value is -1.17. The zero-order valence-corrected chi connectivity index (χ0v) is 21.5. The lowest BCUT2D eigenvalue weighted by Crippen LogP contribution is -2.53. The van der Waals surface area contributed by atoms with Crippen molar-refractivity contribution in [3.8, 4) is 0 Å². The zero-order valence-electron chi connectivity index (χ0n) is 18.4. The number of rotatable bonds is 9. The third-order valence-corrected chi connectivity index (χ3v) is 7.18. The first-order valence-corrected chi connectivity index (χ1v) is 12.6. The minimum Gasteiger partial charge on any atom is -0.355 e. The van der Waals surface area contributed by atoms with E-state index in [1.807, 2.05) is 18.2 Å². The van der Waals surface area contributed by atoms with Crippen LogP contribution in [0.5, 0.6) is 0 Å². The van der Waals surface area contributed by atoms with Gasteiger partial charge in [0.15, 0.2) is 5.96 Å². The van der Waals surface area contributed by atoms with Gasteiger partial charge in [-0.15, -0.1) is 24.0 Å². The van der Waals surface area contributed by atoms with Gasteiger partial charge in [-0.1, -0.05) is 48.9 Å². The molecule has 1 saturated carbocycles. The third-order valence-electron chi connectivity index (χ3n) is 5.83. The molecule has 1 aromatic carbocycles. The molecule has 9 heteroatoms. The molecule has 174 valence electrons. The summed E-state index contributed by atoms with van der Waals surface area (Å²) < 4.78 is 27.0. The van der Waals surface area contributed by atoms with Gasteiger partial charge in [0.1, 0.15) is 0 Å². The summed E-state index contributed by atoms with van der Waals surface area (Å²) in [5.74, 6) is 1.38. The minimum atomic E-state index is -3.23. The first kappa shape index (κ1) is 26.1. The molecule has 0 bridgehead atoms. The number of guanidine groups is 1. The van der Waals surface area contributed by atoms with Crippen molar-refractivity contribution in [2.75, 3.05) is 58.6 Å². The van der Waals surface area contributed by atoms with Crippen molar-refractivity contribution in [3.05, 3.63) is 42.0 Å². The fourth-order valence-electron chi connectivity index (χ4n) is 3.69. The van der Waals surface area contributed by atoms with Crippen molar-refractivity contribution in [1.82, 2.24) is 19.8 Å². The van der Waals surface area contributed by atoms with Gasteiger partial charge in [0.2, 0.25) is 10.0 Å². The molecule has 0 radical (unpaired) electrons. The van der Waals surface area contributed by atoms with Crippen LogP contribution in [0.3, 0.4) is 0 Å². The molecule has 2 aliphatic rings. The molecular weight excluding hydrogens is 525 g/mol. The highest BCUT2D eigenvalue weighted by Gasteiger charge is 2.21. The smallest absolute Gasteiger partial charge is 0.213 e. The standard InChI is InChI=1S/C22H35N5O2S.HI/c1-23-22(24-12-18-30(28,29)25-19-21-9-5-10-21)27-16-14-26(15-17-27)13-6-11-20-7-3-2-4-8-20;/h2-4,6-8,11,21,25H,5,9-10,12-19H2,1H3,(H,23,24);1H/b11-6+;. The van der Waals surface area contributed by atoms with Crippen molar-refractivity contribution in [3.63, 3.8) is 0 Å². The molecule has 1 aliphatic heterocycles. The number of hydrogen-bond donors (Lipinski definition) is 2. The topological polar surface area (TPSA) is 77.0 Å². The normalized spacial score (nSPS) is 18.6. The number of halogens is 1. The average molecular weight is 562 g/mol. The van der Waals surface area contributed by atoms with E-state index < -0.39 is 10.0 Å². The highest BCUT2D eigenvalue weighted by atomic mass is 127. The number of sulfonamides is 1.